The summed E-state index contributed by atoms with van der Waals surface area (Å²) in [5, 5.41) is 6.13. The van der Waals surface area contributed by atoms with Crippen molar-refractivity contribution in [2.24, 2.45) is 5.92 Å². The molecule has 43 heavy (non-hydrogen) atoms. The smallest absolute Gasteiger partial charge is 0.293 e. The van der Waals surface area contributed by atoms with E-state index in [1.54, 1.807) is 20.1 Å². The van der Waals surface area contributed by atoms with Crippen LogP contribution in [-0.2, 0) is 33.3 Å². The topological polar surface area (TPSA) is 112 Å². The predicted molar refractivity (Wildman–Crippen MR) is 168 cm³/mol. The van der Waals surface area contributed by atoms with E-state index in [4.69, 9.17) is 18.9 Å². The fourth-order valence-corrected chi connectivity index (χ4v) is 5.71. The first-order valence-electron chi connectivity index (χ1n) is 16.1. The Hall–Kier alpha value is -2.49. The van der Waals surface area contributed by atoms with E-state index in [-0.39, 0.29) is 53.8 Å². The van der Waals surface area contributed by atoms with Crippen molar-refractivity contribution >= 4 is 18.3 Å². The van der Waals surface area contributed by atoms with Crippen LogP contribution in [0, 0.1) is 5.92 Å². The van der Waals surface area contributed by atoms with Gasteiger partial charge in [-0.1, -0.05) is 44.6 Å². The number of amides is 2. The molecule has 3 aliphatic rings. The third-order valence-electron chi connectivity index (χ3n) is 8.61. The highest BCUT2D eigenvalue weighted by Gasteiger charge is 2.38. The summed E-state index contributed by atoms with van der Waals surface area (Å²) in [7, 11) is 1.73. The summed E-state index contributed by atoms with van der Waals surface area (Å²) in [5.74, 6) is 0.0996. The van der Waals surface area contributed by atoms with Gasteiger partial charge in [0, 0.05) is 32.1 Å². The van der Waals surface area contributed by atoms with Crippen LogP contribution >= 0.6 is 0 Å². The third kappa shape index (κ3) is 12.6. The zero-order valence-electron chi connectivity index (χ0n) is 27.6. The highest BCUT2D eigenvalue weighted by atomic mass is 16.5. The van der Waals surface area contributed by atoms with E-state index in [1.165, 1.54) is 12.5 Å². The Kier molecular flexibility index (Phi) is 15.7. The summed E-state index contributed by atoms with van der Waals surface area (Å²) in [6, 6.07) is 0.237. The molecule has 2 heterocycles. The molecular formula is C34H56N2O7. The molecule has 0 bridgehead atoms. The Labute approximate surface area is 259 Å². The zero-order valence-corrected chi connectivity index (χ0v) is 27.6. The lowest BCUT2D eigenvalue weighted by Crippen LogP contribution is -2.50. The second-order valence-electron chi connectivity index (χ2n) is 12.3. The van der Waals surface area contributed by atoms with Gasteiger partial charge in [-0.05, 0) is 71.8 Å². The number of hydrogen-bond acceptors (Lipinski definition) is 7. The molecule has 9 heteroatoms. The second-order valence-corrected chi connectivity index (χ2v) is 12.3. The number of rotatable bonds is 13. The molecule has 2 saturated heterocycles. The number of carbonyl (C=O) groups is 3. The van der Waals surface area contributed by atoms with E-state index < -0.39 is 6.10 Å². The first-order valence-corrected chi connectivity index (χ1v) is 16.1. The van der Waals surface area contributed by atoms with Crippen LogP contribution in [-0.4, -0.2) is 73.6 Å². The maximum Gasteiger partial charge on any atom is 0.293 e. The van der Waals surface area contributed by atoms with Gasteiger partial charge in [-0.15, -0.1) is 0 Å². The van der Waals surface area contributed by atoms with Gasteiger partial charge >= 0.3 is 0 Å². The van der Waals surface area contributed by atoms with Gasteiger partial charge in [0.25, 0.3) is 6.47 Å². The first kappa shape index (κ1) is 36.7. The molecule has 0 aromatic heterocycles. The summed E-state index contributed by atoms with van der Waals surface area (Å²) < 4.78 is 23.2. The number of allylic oxidation sites excluding steroid dienone is 2. The van der Waals surface area contributed by atoms with Crippen molar-refractivity contribution in [3.8, 4) is 0 Å². The molecular weight excluding hydrogens is 548 g/mol. The van der Waals surface area contributed by atoms with Crippen LogP contribution in [0.25, 0.3) is 0 Å². The molecule has 3 rings (SSSR count). The van der Waals surface area contributed by atoms with Gasteiger partial charge in [-0.3, -0.25) is 14.4 Å². The van der Waals surface area contributed by atoms with Gasteiger partial charge < -0.3 is 29.6 Å². The van der Waals surface area contributed by atoms with Crippen molar-refractivity contribution in [1.82, 2.24) is 10.6 Å². The monoisotopic (exact) mass is 604 g/mol. The minimum Gasteiger partial charge on any atom is -0.461 e. The Balaban J connectivity index is 0.00000316. The number of ether oxygens (including phenoxy) is 4. The quantitative estimate of drug-likeness (QED) is 0.166. The number of nitrogens with one attached hydrogen (secondary N) is 2. The summed E-state index contributed by atoms with van der Waals surface area (Å²) in [6.07, 6.45) is 15.2. The van der Waals surface area contributed by atoms with E-state index in [9.17, 15) is 14.4 Å². The molecule has 9 nitrogen and oxygen atoms in total. The molecule has 244 valence electrons. The Morgan fingerprint density at radius 2 is 1.81 bits per heavy atom. The SMILES string of the molecule is CC.COC1(C)CC(/C=C/C(C)=C/CC2OC(C)C(NC(=O)/C=C\C(C)OC=O)CC2C)O[C@H](CC(=O)NC2CCC2)C1. The Morgan fingerprint density at radius 1 is 1.09 bits per heavy atom. The van der Waals surface area contributed by atoms with Crippen LogP contribution in [0.2, 0.25) is 0 Å². The lowest BCUT2D eigenvalue weighted by atomic mass is 9.86. The Morgan fingerprint density at radius 3 is 2.44 bits per heavy atom. The average Bonchev–Trinajstić information content (AvgIpc) is 2.95. The van der Waals surface area contributed by atoms with Crippen molar-refractivity contribution in [3.05, 3.63) is 36.0 Å². The molecule has 7 unspecified atom stereocenters. The molecule has 8 atom stereocenters. The van der Waals surface area contributed by atoms with Gasteiger partial charge in [0.05, 0.1) is 42.5 Å². The van der Waals surface area contributed by atoms with Crippen molar-refractivity contribution in [2.45, 2.75) is 148 Å². The minimum atomic E-state index is -0.454. The summed E-state index contributed by atoms with van der Waals surface area (Å²) in [6.45, 7) is 14.3. The van der Waals surface area contributed by atoms with Gasteiger partial charge in [-0.25, -0.2) is 0 Å². The van der Waals surface area contributed by atoms with E-state index in [0.717, 1.165) is 37.7 Å². The van der Waals surface area contributed by atoms with Gasteiger partial charge in [0.2, 0.25) is 11.8 Å². The molecule has 1 aliphatic carbocycles. The number of hydrogen-bond donors (Lipinski definition) is 2. The van der Waals surface area contributed by atoms with Gasteiger partial charge in [0.15, 0.2) is 0 Å². The summed E-state index contributed by atoms with van der Waals surface area (Å²) in [4.78, 5) is 35.2. The molecule has 2 amide bonds. The molecule has 2 N–H and O–H groups in total. The predicted octanol–water partition coefficient (Wildman–Crippen LogP) is 5.33. The fraction of sp³-hybridized carbons (Fsp3) is 0.735. The minimum absolute atomic E-state index is 0.0549. The standard InChI is InChI=1S/C32H50N2O7.C2H6/c1-21(10-13-26-18-32(5,38-6)19-27(41-26)17-31(37)33-25-8-7-9-25)11-14-29-22(2)16-28(24(4)40-29)34-30(36)15-12-23(3)39-20-35;1-2/h10-13,15,20,22-29H,7-9,14,16-19H2,1-6H3,(H,33,37)(H,34,36);1-2H3/b13-10+,15-12-,21-11+;/t22?,23?,24?,26?,27-,28?,29?,32?;/m1./s1. The maximum atomic E-state index is 12.5. The van der Waals surface area contributed by atoms with Crippen LogP contribution in [0.4, 0.5) is 0 Å². The van der Waals surface area contributed by atoms with Crippen molar-refractivity contribution in [1.29, 1.82) is 0 Å². The third-order valence-corrected chi connectivity index (χ3v) is 8.61. The highest BCUT2D eigenvalue weighted by molar-refractivity contribution is 5.87. The number of carbonyl (C=O) groups excluding carboxylic acids is 3. The van der Waals surface area contributed by atoms with Crippen molar-refractivity contribution < 1.29 is 33.3 Å². The van der Waals surface area contributed by atoms with E-state index in [1.807, 2.05) is 20.8 Å². The maximum absolute atomic E-state index is 12.5. The van der Waals surface area contributed by atoms with Gasteiger partial charge in [0.1, 0.15) is 6.10 Å². The van der Waals surface area contributed by atoms with Gasteiger partial charge in [-0.2, -0.15) is 0 Å². The van der Waals surface area contributed by atoms with E-state index in [0.29, 0.717) is 25.4 Å². The first-order chi connectivity index (χ1) is 20.5. The summed E-state index contributed by atoms with van der Waals surface area (Å²) in [5.41, 5.74) is 0.783. The van der Waals surface area contributed by atoms with Crippen molar-refractivity contribution in [3.63, 3.8) is 0 Å². The lowest BCUT2D eigenvalue weighted by Gasteiger charge is -2.41. The molecule has 0 spiro atoms. The normalized spacial score (nSPS) is 32.3. The van der Waals surface area contributed by atoms with Crippen molar-refractivity contribution in [2.75, 3.05) is 7.11 Å². The van der Waals surface area contributed by atoms with Crippen LogP contribution < -0.4 is 10.6 Å². The molecule has 0 radical (unpaired) electrons. The molecule has 1 saturated carbocycles. The van der Waals surface area contributed by atoms with E-state index in [2.05, 4.69) is 49.6 Å². The highest BCUT2D eigenvalue weighted by Crippen LogP contribution is 2.34. The molecule has 0 aromatic rings. The van der Waals surface area contributed by atoms with E-state index >= 15 is 0 Å². The summed E-state index contributed by atoms with van der Waals surface area (Å²) >= 11 is 0. The zero-order chi connectivity index (χ0) is 32.0. The average molecular weight is 605 g/mol. The number of methoxy groups -OCH3 is 1. The lowest BCUT2D eigenvalue weighted by molar-refractivity contribution is -0.147. The fourth-order valence-electron chi connectivity index (χ4n) is 5.71. The van der Waals surface area contributed by atoms with Crippen LogP contribution in [0.15, 0.2) is 36.0 Å². The van der Waals surface area contributed by atoms with Crippen LogP contribution in [0.3, 0.4) is 0 Å². The van der Waals surface area contributed by atoms with Crippen LogP contribution in [0.1, 0.15) is 99.8 Å². The largest absolute Gasteiger partial charge is 0.461 e. The second kappa shape index (κ2) is 18.3. The van der Waals surface area contributed by atoms with Crippen LogP contribution in [0.5, 0.6) is 0 Å². The molecule has 2 aliphatic heterocycles. The molecule has 3 fully saturated rings. The Bertz CT molecular complexity index is 976. The molecule has 0 aromatic carbocycles.